The second-order valence-corrected chi connectivity index (χ2v) is 7.22. The van der Waals surface area contributed by atoms with Gasteiger partial charge in [-0.15, -0.1) is 0 Å². The molecule has 3 aromatic rings. The van der Waals surface area contributed by atoms with Crippen molar-refractivity contribution in [2.45, 2.75) is 6.04 Å². The number of nitrogens with one attached hydrogen (secondary N) is 2. The number of amides is 2. The van der Waals surface area contributed by atoms with Crippen LogP contribution in [-0.2, 0) is 9.36 Å². The first-order chi connectivity index (χ1) is 12.0. The van der Waals surface area contributed by atoms with Crippen LogP contribution in [0.3, 0.4) is 0 Å². The lowest BCUT2D eigenvalue weighted by Crippen LogP contribution is -2.38. The lowest BCUT2D eigenvalue weighted by atomic mass is 10.1. The Hall–Kier alpha value is -2.25. The predicted octanol–water partition coefficient (Wildman–Crippen LogP) is 2.65. The van der Waals surface area contributed by atoms with E-state index in [1.165, 1.54) is 0 Å². The number of aromatic amines is 1. The highest BCUT2D eigenvalue weighted by Crippen LogP contribution is 2.21. The Balaban J connectivity index is 1.99. The van der Waals surface area contributed by atoms with Gasteiger partial charge in [0, 0.05) is 14.5 Å². The maximum absolute atomic E-state index is 12.7. The van der Waals surface area contributed by atoms with E-state index < -0.39 is 17.9 Å². The number of fused-ring (bicyclic) bond motifs is 1. The summed E-state index contributed by atoms with van der Waals surface area (Å²) in [6, 6.07) is 13.3. The van der Waals surface area contributed by atoms with Crippen LogP contribution in [0, 0.1) is 3.57 Å². The minimum Gasteiger partial charge on any atom is -0.368 e. The minimum absolute atomic E-state index is 0.149. The molecule has 0 bridgehead atoms. The van der Waals surface area contributed by atoms with E-state index >= 15 is 0 Å². The molecule has 0 aliphatic rings. The first-order valence-corrected chi connectivity index (χ1v) is 9.20. The zero-order valence-electron chi connectivity index (χ0n) is 12.8. The average Bonchev–Trinajstić information content (AvgIpc) is 2.97. The van der Waals surface area contributed by atoms with E-state index in [4.69, 9.17) is 5.73 Å². The Bertz CT molecular complexity index is 972. The van der Waals surface area contributed by atoms with Gasteiger partial charge in [-0.1, -0.05) is 30.3 Å². The SMILES string of the molecule is NC(=O)[C@@H](NC(=O)c1[nH]c2ccc(I)cc2c1P=O)c1ccccc1. The first-order valence-electron chi connectivity index (χ1n) is 7.31. The maximum atomic E-state index is 12.7. The highest BCUT2D eigenvalue weighted by atomic mass is 127. The smallest absolute Gasteiger partial charge is 0.269 e. The molecule has 0 saturated heterocycles. The number of aromatic nitrogens is 1. The van der Waals surface area contributed by atoms with Crippen molar-refractivity contribution in [3.05, 3.63) is 63.4 Å². The summed E-state index contributed by atoms with van der Waals surface area (Å²) >= 11 is 2.14. The van der Waals surface area contributed by atoms with Crippen LogP contribution in [0.15, 0.2) is 48.5 Å². The van der Waals surface area contributed by atoms with Crippen molar-refractivity contribution in [3.63, 3.8) is 0 Å². The van der Waals surface area contributed by atoms with Gasteiger partial charge in [-0.25, -0.2) is 0 Å². The Kier molecular flexibility index (Phi) is 5.15. The molecule has 0 unspecified atom stereocenters. The zero-order valence-corrected chi connectivity index (χ0v) is 15.9. The third-order valence-corrected chi connectivity index (χ3v) is 5.06. The Labute approximate surface area is 158 Å². The van der Waals surface area contributed by atoms with E-state index in [9.17, 15) is 14.2 Å². The van der Waals surface area contributed by atoms with Gasteiger partial charge in [-0.3, -0.25) is 14.2 Å². The second kappa shape index (κ2) is 7.33. The number of hydrogen-bond acceptors (Lipinski definition) is 3. The van der Waals surface area contributed by atoms with E-state index in [1.54, 1.807) is 30.3 Å². The van der Waals surface area contributed by atoms with Crippen molar-refractivity contribution in [2.75, 3.05) is 0 Å². The molecule has 1 atom stereocenters. The molecule has 3 rings (SSSR count). The van der Waals surface area contributed by atoms with Crippen LogP contribution < -0.4 is 16.4 Å². The lowest BCUT2D eigenvalue weighted by Gasteiger charge is -2.15. The standard InChI is InChI=1S/C17H13IN3O3P/c18-10-6-7-12-11(8-10)15(25-24)14(20-12)17(23)21-13(16(19)22)9-4-2-1-3-5-9/h1-8,13,20H,(H2,19,22)(H,21,23)/t13-/m0/s1. The number of halogens is 1. The van der Waals surface area contributed by atoms with E-state index in [2.05, 4.69) is 32.9 Å². The van der Waals surface area contributed by atoms with Gasteiger partial charge in [0.05, 0.1) is 5.30 Å². The summed E-state index contributed by atoms with van der Waals surface area (Å²) in [6.45, 7) is 0. The third kappa shape index (κ3) is 3.57. The van der Waals surface area contributed by atoms with Crippen LogP contribution in [0.1, 0.15) is 22.1 Å². The van der Waals surface area contributed by atoms with Gasteiger partial charge in [0.1, 0.15) is 11.7 Å². The number of nitrogens with two attached hydrogens (primary N) is 1. The topological polar surface area (TPSA) is 105 Å². The molecule has 1 heterocycles. The number of hydrogen-bond donors (Lipinski definition) is 3. The molecule has 2 aromatic carbocycles. The Morgan fingerprint density at radius 2 is 1.88 bits per heavy atom. The summed E-state index contributed by atoms with van der Waals surface area (Å²) in [7, 11) is -0.285. The molecule has 126 valence electrons. The molecule has 0 saturated carbocycles. The van der Waals surface area contributed by atoms with Crippen molar-refractivity contribution >= 4 is 59.1 Å². The van der Waals surface area contributed by atoms with Crippen molar-refractivity contribution in [1.82, 2.24) is 10.3 Å². The zero-order chi connectivity index (χ0) is 18.0. The highest BCUT2D eigenvalue weighted by molar-refractivity contribution is 14.1. The predicted molar refractivity (Wildman–Crippen MR) is 104 cm³/mol. The summed E-state index contributed by atoms with van der Waals surface area (Å²) < 4.78 is 12.6. The number of carbonyl (C=O) groups excluding carboxylic acids is 2. The number of H-pyrrole nitrogens is 1. The maximum Gasteiger partial charge on any atom is 0.269 e. The van der Waals surface area contributed by atoms with Crippen molar-refractivity contribution in [3.8, 4) is 0 Å². The molecule has 1 aromatic heterocycles. The van der Waals surface area contributed by atoms with Crippen LogP contribution in [0.5, 0.6) is 0 Å². The summed E-state index contributed by atoms with van der Waals surface area (Å²) in [4.78, 5) is 27.4. The Morgan fingerprint density at radius 3 is 2.52 bits per heavy atom. The summed E-state index contributed by atoms with van der Waals surface area (Å²) in [5, 5.41) is 3.66. The van der Waals surface area contributed by atoms with E-state index in [0.29, 0.717) is 21.8 Å². The summed E-state index contributed by atoms with van der Waals surface area (Å²) in [6.07, 6.45) is 0. The van der Waals surface area contributed by atoms with Crippen LogP contribution >= 0.6 is 31.1 Å². The first kappa shape index (κ1) is 17.6. The normalized spacial score (nSPS) is 12.2. The highest BCUT2D eigenvalue weighted by Gasteiger charge is 2.24. The molecule has 8 heteroatoms. The fourth-order valence-electron chi connectivity index (χ4n) is 2.58. The number of rotatable bonds is 5. The summed E-state index contributed by atoms with van der Waals surface area (Å²) in [5.41, 5.74) is 6.85. The molecule has 0 aliphatic carbocycles. The van der Waals surface area contributed by atoms with E-state index in [0.717, 1.165) is 3.57 Å². The molecule has 0 fully saturated rings. The molecule has 4 N–H and O–H groups in total. The molecule has 0 spiro atoms. The van der Waals surface area contributed by atoms with Crippen molar-refractivity contribution < 1.29 is 14.2 Å². The molecular weight excluding hydrogens is 452 g/mol. The van der Waals surface area contributed by atoms with Crippen molar-refractivity contribution in [2.24, 2.45) is 5.73 Å². The summed E-state index contributed by atoms with van der Waals surface area (Å²) in [5.74, 6) is -1.22. The molecule has 0 radical (unpaired) electrons. The number of primary amides is 1. The van der Waals surface area contributed by atoms with Crippen LogP contribution in [0.2, 0.25) is 0 Å². The molecular formula is C17H13IN3O3P. The van der Waals surface area contributed by atoms with Gasteiger partial charge < -0.3 is 16.0 Å². The quantitative estimate of drug-likeness (QED) is 0.399. The monoisotopic (exact) mass is 465 g/mol. The van der Waals surface area contributed by atoms with Crippen LogP contribution in [0.4, 0.5) is 0 Å². The van der Waals surface area contributed by atoms with Crippen molar-refractivity contribution in [1.29, 1.82) is 0 Å². The van der Waals surface area contributed by atoms with E-state index in [-0.39, 0.29) is 14.2 Å². The van der Waals surface area contributed by atoms with E-state index in [1.807, 2.05) is 18.2 Å². The van der Waals surface area contributed by atoms with Gasteiger partial charge in [0.2, 0.25) is 5.91 Å². The molecule has 25 heavy (non-hydrogen) atoms. The van der Waals surface area contributed by atoms with Gasteiger partial charge in [0.15, 0.2) is 8.46 Å². The van der Waals surface area contributed by atoms with Crippen LogP contribution in [0.25, 0.3) is 10.9 Å². The minimum atomic E-state index is -0.976. The lowest BCUT2D eigenvalue weighted by molar-refractivity contribution is -0.120. The third-order valence-electron chi connectivity index (χ3n) is 3.74. The van der Waals surface area contributed by atoms with Gasteiger partial charge in [0.25, 0.3) is 5.91 Å². The number of carbonyl (C=O) groups is 2. The van der Waals surface area contributed by atoms with Gasteiger partial charge in [-0.2, -0.15) is 0 Å². The second-order valence-electron chi connectivity index (χ2n) is 5.35. The average molecular weight is 465 g/mol. The number of benzene rings is 2. The fraction of sp³-hybridized carbons (Fsp3) is 0.0588. The molecule has 2 amide bonds. The molecule has 0 aliphatic heterocycles. The largest absolute Gasteiger partial charge is 0.368 e. The van der Waals surface area contributed by atoms with Gasteiger partial charge in [-0.05, 0) is 46.4 Å². The van der Waals surface area contributed by atoms with Crippen LogP contribution in [-0.4, -0.2) is 16.8 Å². The fourth-order valence-corrected chi connectivity index (χ4v) is 3.60. The van der Waals surface area contributed by atoms with Gasteiger partial charge >= 0.3 is 0 Å². The molecule has 6 nitrogen and oxygen atoms in total. The Morgan fingerprint density at radius 1 is 1.16 bits per heavy atom.